The monoisotopic (exact) mass is 386 g/mol. The first-order valence-corrected chi connectivity index (χ1v) is 15.2. The van der Waals surface area contributed by atoms with Gasteiger partial charge in [0.15, 0.2) is 0 Å². The second-order valence-electron chi connectivity index (χ2n) is 7.44. The Kier molecular flexibility index (Phi) is 11.8. The van der Waals surface area contributed by atoms with Gasteiger partial charge in [0.1, 0.15) is 0 Å². The summed E-state index contributed by atoms with van der Waals surface area (Å²) in [5.74, 6) is 0. The van der Waals surface area contributed by atoms with Crippen LogP contribution in [0.2, 0.25) is 12.0 Å². The van der Waals surface area contributed by atoms with E-state index in [1.807, 2.05) is 0 Å². The Morgan fingerprint density at radius 3 is 1.30 bits per heavy atom. The predicted octanol–water partition coefficient (Wildman–Crippen LogP) is 4.35. The second kappa shape index (κ2) is 11.4. The zero-order valence-electron chi connectivity index (χ0n) is 15.4. The summed E-state index contributed by atoms with van der Waals surface area (Å²) in [6.07, 6.45) is 2.88. The van der Waals surface area contributed by atoms with Crippen molar-refractivity contribution in [2.45, 2.75) is 78.5 Å². The van der Waals surface area contributed by atoms with Crippen LogP contribution in [0.4, 0.5) is 0 Å². The van der Waals surface area contributed by atoms with Gasteiger partial charge in [-0.1, -0.05) is 0 Å². The van der Waals surface area contributed by atoms with Crippen molar-refractivity contribution in [2.24, 2.45) is 0 Å². The molecule has 0 aliphatic rings. The summed E-state index contributed by atoms with van der Waals surface area (Å²) < 4.78 is 4.23. The van der Waals surface area contributed by atoms with E-state index in [1.54, 1.807) is 8.35 Å². The normalized spacial score (nSPS) is 12.4. The topological polar surface area (TPSA) is 6.48 Å². The summed E-state index contributed by atoms with van der Waals surface area (Å²) in [5, 5.41) is 0. The molecule has 0 saturated carbocycles. The van der Waals surface area contributed by atoms with E-state index >= 15 is 0 Å². The van der Waals surface area contributed by atoms with Gasteiger partial charge < -0.3 is 0 Å². The molecule has 0 aromatic heterocycles. The molecule has 0 unspecified atom stereocenters. The molecule has 0 amide bonds. The molecule has 20 heavy (non-hydrogen) atoms. The van der Waals surface area contributed by atoms with Gasteiger partial charge >= 0.3 is 137 Å². The molecule has 0 saturated heterocycles. The van der Waals surface area contributed by atoms with E-state index in [4.69, 9.17) is 0 Å². The number of nitrogens with zero attached hydrogens (tertiary/aromatic N) is 2. The molecule has 0 aliphatic carbocycles. The molecule has 0 spiro atoms. The van der Waals surface area contributed by atoms with Gasteiger partial charge in [0.2, 0.25) is 0 Å². The Hall–Kier alpha value is 0.790. The van der Waals surface area contributed by atoms with E-state index in [2.05, 4.69) is 65.4 Å². The van der Waals surface area contributed by atoms with Gasteiger partial charge in [-0.3, -0.25) is 0 Å². The van der Waals surface area contributed by atoms with Crippen LogP contribution < -0.4 is 0 Å². The van der Waals surface area contributed by atoms with Crippen molar-refractivity contribution in [3.8, 4) is 0 Å². The Labute approximate surface area is 136 Å². The van der Waals surface area contributed by atoms with Crippen LogP contribution in [0.15, 0.2) is 0 Å². The Balaban J connectivity index is 3.94. The fraction of sp³-hybridized carbons (Fsp3) is 1.00. The minimum atomic E-state index is -1.28. The van der Waals surface area contributed by atoms with Gasteiger partial charge in [-0.25, -0.2) is 0 Å². The summed E-state index contributed by atoms with van der Waals surface area (Å²) in [6, 6.07) is 1.39. The quantitative estimate of drug-likeness (QED) is 0.521. The average Bonchev–Trinajstić information content (AvgIpc) is 2.35. The Bertz CT molecular complexity index is 209. The fourth-order valence-electron chi connectivity index (χ4n) is 2.53. The van der Waals surface area contributed by atoms with E-state index in [1.165, 1.54) is 25.9 Å². The van der Waals surface area contributed by atoms with Crippen LogP contribution in [0.1, 0.15) is 54.4 Å². The molecule has 0 atom stereocenters. The zero-order valence-corrected chi connectivity index (χ0v) is 18.7. The van der Waals surface area contributed by atoms with Crippen LogP contribution >= 0.6 is 0 Å². The molecule has 3 heteroatoms. The van der Waals surface area contributed by atoms with E-state index in [9.17, 15) is 0 Å². The summed E-state index contributed by atoms with van der Waals surface area (Å²) in [6.45, 7) is 16.7. The molecule has 0 aliphatic heterocycles. The maximum absolute atomic E-state index is 2.50. The van der Waals surface area contributed by atoms with E-state index in [-0.39, 0.29) is 0 Å². The number of rotatable bonds is 11. The van der Waals surface area contributed by atoms with Crippen molar-refractivity contribution in [1.82, 2.24) is 9.80 Å². The predicted molar refractivity (Wildman–Crippen MR) is 95.2 cm³/mol. The standard InChI is InChI=1S/2C7H16N.C3H7.In/c2*1-5-6-8(4)7(2)3;1-3-2;/h2*7H,1,5-6H2,2-4H3;3H,1-2H3;. The van der Waals surface area contributed by atoms with Gasteiger partial charge in [0, 0.05) is 0 Å². The fourth-order valence-corrected chi connectivity index (χ4v) is 11.2. The Morgan fingerprint density at radius 2 is 1.05 bits per heavy atom. The third-order valence-corrected chi connectivity index (χ3v) is 16.8. The molecular weight excluding hydrogens is 347 g/mol. The number of hydrogen-bond donors (Lipinski definition) is 0. The molecule has 0 fully saturated rings. The summed E-state index contributed by atoms with van der Waals surface area (Å²) in [4.78, 5) is 4.99. The van der Waals surface area contributed by atoms with E-state index in [0.29, 0.717) is 12.1 Å². The zero-order chi connectivity index (χ0) is 15.7. The van der Waals surface area contributed by atoms with E-state index in [0.717, 1.165) is 3.67 Å². The SMILES string of the molecule is CC(C)N(C)CC[CH2][In]([CH2]CCN(C)C(C)C)[CH](C)C. The van der Waals surface area contributed by atoms with Gasteiger partial charge in [0.25, 0.3) is 0 Å². The van der Waals surface area contributed by atoms with Crippen molar-refractivity contribution in [3.05, 3.63) is 0 Å². The molecule has 0 aromatic carbocycles. The van der Waals surface area contributed by atoms with Crippen molar-refractivity contribution in [1.29, 1.82) is 0 Å². The van der Waals surface area contributed by atoms with Crippen molar-refractivity contribution < 1.29 is 0 Å². The molecular formula is C17H39InN2. The average molecular weight is 386 g/mol. The van der Waals surface area contributed by atoms with Crippen molar-refractivity contribution in [2.75, 3.05) is 27.2 Å². The Morgan fingerprint density at radius 1 is 0.700 bits per heavy atom. The van der Waals surface area contributed by atoms with Gasteiger partial charge in [-0.2, -0.15) is 0 Å². The second-order valence-corrected chi connectivity index (χ2v) is 18.9. The van der Waals surface area contributed by atoms with Crippen LogP contribution in [-0.2, 0) is 0 Å². The first kappa shape index (κ1) is 20.8. The van der Waals surface area contributed by atoms with Crippen molar-refractivity contribution in [3.63, 3.8) is 0 Å². The van der Waals surface area contributed by atoms with Crippen LogP contribution in [-0.4, -0.2) is 70.5 Å². The molecule has 0 rings (SSSR count). The van der Waals surface area contributed by atoms with Gasteiger partial charge in [0.05, 0.1) is 0 Å². The van der Waals surface area contributed by atoms with Gasteiger partial charge in [-0.05, 0) is 0 Å². The minimum absolute atomic E-state index is 0.697. The number of hydrogen-bond acceptors (Lipinski definition) is 2. The molecule has 0 bridgehead atoms. The van der Waals surface area contributed by atoms with Crippen molar-refractivity contribution >= 4 is 21.4 Å². The molecule has 2 nitrogen and oxygen atoms in total. The molecule has 0 N–H and O–H groups in total. The van der Waals surface area contributed by atoms with Crippen LogP contribution in [0.3, 0.4) is 0 Å². The first-order chi connectivity index (χ1) is 9.25. The summed E-state index contributed by atoms with van der Waals surface area (Å²) in [7, 11) is 4.53. The van der Waals surface area contributed by atoms with Crippen LogP contribution in [0.25, 0.3) is 0 Å². The third kappa shape index (κ3) is 9.68. The maximum atomic E-state index is 2.50. The van der Waals surface area contributed by atoms with Crippen LogP contribution in [0.5, 0.6) is 0 Å². The van der Waals surface area contributed by atoms with Gasteiger partial charge in [-0.15, -0.1) is 0 Å². The van der Waals surface area contributed by atoms with E-state index < -0.39 is 21.4 Å². The molecule has 120 valence electrons. The summed E-state index contributed by atoms with van der Waals surface area (Å²) in [5.41, 5.74) is 0. The molecule has 0 aromatic rings. The summed E-state index contributed by atoms with van der Waals surface area (Å²) >= 11 is -1.28. The first-order valence-electron chi connectivity index (χ1n) is 8.66. The van der Waals surface area contributed by atoms with Crippen LogP contribution in [0, 0.1) is 0 Å². The third-order valence-electron chi connectivity index (χ3n) is 4.88. The molecule has 0 radical (unpaired) electrons. The molecule has 0 heterocycles.